The highest BCUT2D eigenvalue weighted by Crippen LogP contribution is 2.29. The fourth-order valence-corrected chi connectivity index (χ4v) is 1.73. The van der Waals surface area contributed by atoms with Crippen molar-refractivity contribution in [3.63, 3.8) is 0 Å². The minimum Gasteiger partial charge on any atom is -0.475 e. The predicted molar refractivity (Wildman–Crippen MR) is 77.2 cm³/mol. The van der Waals surface area contributed by atoms with E-state index in [-0.39, 0.29) is 11.7 Å². The molecule has 0 aliphatic heterocycles. The third kappa shape index (κ3) is 6.52. The Labute approximate surface area is 147 Å². The summed E-state index contributed by atoms with van der Waals surface area (Å²) in [6.45, 7) is 0.586. The van der Waals surface area contributed by atoms with Crippen LogP contribution in [0.1, 0.15) is 16.8 Å². The Hall–Kier alpha value is -2.34. The minimum atomic E-state index is -5.08. The standard InChI is InChI=1S/C11H10ClF3N4.C2HF3O2/c12-10-8(1-2-9(18-10)11(13,14)15)6-19-5-7(3-16)4-17-19;3-2(4,5)1(6)7/h1-2,4-5H,3,6,16H2;(H,6,7). The van der Waals surface area contributed by atoms with E-state index in [9.17, 15) is 26.3 Å². The van der Waals surface area contributed by atoms with Crippen molar-refractivity contribution < 1.29 is 36.2 Å². The molecule has 0 fully saturated rings. The number of carboxylic acid groups (broad SMARTS) is 1. The number of hydrogen-bond acceptors (Lipinski definition) is 4. The first-order valence-electron chi connectivity index (χ1n) is 6.58. The van der Waals surface area contributed by atoms with E-state index in [4.69, 9.17) is 27.2 Å². The van der Waals surface area contributed by atoms with Crippen LogP contribution >= 0.6 is 11.6 Å². The highest BCUT2D eigenvalue weighted by Gasteiger charge is 2.38. The lowest BCUT2D eigenvalue weighted by Crippen LogP contribution is -2.21. The van der Waals surface area contributed by atoms with Crippen LogP contribution in [0.2, 0.25) is 5.15 Å². The van der Waals surface area contributed by atoms with Gasteiger partial charge in [0.25, 0.3) is 0 Å². The molecule has 0 aromatic carbocycles. The van der Waals surface area contributed by atoms with Crippen LogP contribution in [-0.4, -0.2) is 32.0 Å². The fraction of sp³-hybridized carbons (Fsp3) is 0.308. The highest BCUT2D eigenvalue weighted by molar-refractivity contribution is 6.30. The summed E-state index contributed by atoms with van der Waals surface area (Å²) in [4.78, 5) is 12.2. The lowest BCUT2D eigenvalue weighted by atomic mass is 10.2. The molecular weight excluding hydrogens is 394 g/mol. The summed E-state index contributed by atoms with van der Waals surface area (Å²) in [6, 6.07) is 2.19. The van der Waals surface area contributed by atoms with Crippen LogP contribution in [0.3, 0.4) is 0 Å². The third-order valence-corrected chi connectivity index (χ3v) is 3.04. The van der Waals surface area contributed by atoms with Crippen LogP contribution in [0.25, 0.3) is 0 Å². The van der Waals surface area contributed by atoms with E-state index >= 15 is 0 Å². The smallest absolute Gasteiger partial charge is 0.475 e. The number of rotatable bonds is 3. The van der Waals surface area contributed by atoms with Crippen molar-refractivity contribution in [2.75, 3.05) is 0 Å². The van der Waals surface area contributed by atoms with E-state index in [1.54, 1.807) is 17.1 Å². The minimum absolute atomic E-state index is 0.181. The molecule has 6 nitrogen and oxygen atoms in total. The highest BCUT2D eigenvalue weighted by atomic mass is 35.5. The zero-order valence-corrected chi connectivity index (χ0v) is 13.4. The Balaban J connectivity index is 0.000000412. The van der Waals surface area contributed by atoms with Crippen molar-refractivity contribution in [1.29, 1.82) is 0 Å². The molecule has 2 aromatic heterocycles. The molecule has 26 heavy (non-hydrogen) atoms. The van der Waals surface area contributed by atoms with Gasteiger partial charge in [-0.1, -0.05) is 17.7 Å². The average Bonchev–Trinajstić information content (AvgIpc) is 2.95. The molecule has 3 N–H and O–H groups in total. The zero-order chi connectivity index (χ0) is 20.1. The van der Waals surface area contributed by atoms with E-state index in [0.717, 1.165) is 11.6 Å². The van der Waals surface area contributed by atoms with Gasteiger partial charge in [0.15, 0.2) is 0 Å². The van der Waals surface area contributed by atoms with E-state index in [1.807, 2.05) is 0 Å². The molecule has 13 heteroatoms. The van der Waals surface area contributed by atoms with Gasteiger partial charge in [0.2, 0.25) is 0 Å². The molecule has 2 aromatic rings. The number of aromatic nitrogens is 3. The van der Waals surface area contributed by atoms with Gasteiger partial charge in [0.05, 0.1) is 12.7 Å². The number of carbonyl (C=O) groups is 1. The number of pyridine rings is 1. The van der Waals surface area contributed by atoms with E-state index in [0.29, 0.717) is 12.1 Å². The SMILES string of the molecule is NCc1cnn(Cc2ccc(C(F)(F)F)nc2Cl)c1.O=C(O)C(F)(F)F. The number of halogens is 7. The van der Waals surface area contributed by atoms with Crippen LogP contribution in [0.4, 0.5) is 26.3 Å². The Morgan fingerprint density at radius 2 is 1.81 bits per heavy atom. The van der Waals surface area contributed by atoms with Gasteiger partial charge in [-0.3, -0.25) is 4.68 Å². The van der Waals surface area contributed by atoms with Crippen molar-refractivity contribution in [2.45, 2.75) is 25.4 Å². The van der Waals surface area contributed by atoms with Gasteiger partial charge in [0.1, 0.15) is 10.8 Å². The quantitative estimate of drug-likeness (QED) is 0.605. The van der Waals surface area contributed by atoms with Crippen molar-refractivity contribution in [3.8, 4) is 0 Å². The second-order valence-corrected chi connectivity index (χ2v) is 5.06. The molecule has 2 heterocycles. The Morgan fingerprint density at radius 1 is 1.23 bits per heavy atom. The normalized spacial score (nSPS) is 11.7. The van der Waals surface area contributed by atoms with Crippen LogP contribution in [0, 0.1) is 0 Å². The predicted octanol–water partition coefficient (Wildman–Crippen LogP) is 3.09. The summed E-state index contributed by atoms with van der Waals surface area (Å²) in [7, 11) is 0. The summed E-state index contributed by atoms with van der Waals surface area (Å²) in [5.74, 6) is -2.76. The molecule has 0 aliphatic rings. The lowest BCUT2D eigenvalue weighted by molar-refractivity contribution is -0.192. The number of nitrogens with zero attached hydrogens (tertiary/aromatic N) is 3. The topological polar surface area (TPSA) is 94.0 Å². The molecular formula is C13H11ClF6N4O2. The van der Waals surface area contributed by atoms with Gasteiger partial charge < -0.3 is 10.8 Å². The van der Waals surface area contributed by atoms with E-state index in [1.165, 1.54) is 6.07 Å². The summed E-state index contributed by atoms with van der Waals surface area (Å²) in [5, 5.41) is 11.0. The van der Waals surface area contributed by atoms with Crippen molar-refractivity contribution >= 4 is 17.6 Å². The fourth-order valence-electron chi connectivity index (χ4n) is 1.51. The molecule has 0 amide bonds. The van der Waals surface area contributed by atoms with Gasteiger partial charge in [-0.15, -0.1) is 0 Å². The second-order valence-electron chi connectivity index (χ2n) is 4.70. The van der Waals surface area contributed by atoms with Gasteiger partial charge in [-0.2, -0.15) is 31.4 Å². The van der Waals surface area contributed by atoms with Gasteiger partial charge >= 0.3 is 18.3 Å². The molecule has 0 saturated carbocycles. The summed E-state index contributed by atoms with van der Waals surface area (Å²) in [6.07, 6.45) is -6.29. The van der Waals surface area contributed by atoms with Crippen molar-refractivity contribution in [1.82, 2.24) is 14.8 Å². The first-order chi connectivity index (χ1) is 11.8. The molecule has 2 rings (SSSR count). The number of alkyl halides is 6. The first-order valence-corrected chi connectivity index (χ1v) is 6.96. The average molecular weight is 405 g/mol. The molecule has 0 radical (unpaired) electrons. The Morgan fingerprint density at radius 3 is 2.19 bits per heavy atom. The van der Waals surface area contributed by atoms with E-state index in [2.05, 4.69) is 10.1 Å². The number of hydrogen-bond donors (Lipinski definition) is 2. The maximum Gasteiger partial charge on any atom is 0.490 e. The molecule has 144 valence electrons. The molecule has 0 aliphatic carbocycles. The summed E-state index contributed by atoms with van der Waals surface area (Å²) < 4.78 is 70.5. The van der Waals surface area contributed by atoms with E-state index < -0.39 is 24.0 Å². The monoisotopic (exact) mass is 404 g/mol. The maximum absolute atomic E-state index is 12.4. The van der Waals surface area contributed by atoms with Crippen LogP contribution in [0.5, 0.6) is 0 Å². The van der Waals surface area contributed by atoms with Crippen LogP contribution in [0.15, 0.2) is 24.5 Å². The lowest BCUT2D eigenvalue weighted by Gasteiger charge is -2.09. The van der Waals surface area contributed by atoms with Gasteiger partial charge in [-0.25, -0.2) is 9.78 Å². The molecule has 0 bridgehead atoms. The summed E-state index contributed by atoms with van der Waals surface area (Å²) in [5.41, 5.74) is 5.72. The molecule has 0 spiro atoms. The van der Waals surface area contributed by atoms with Crippen LogP contribution < -0.4 is 5.73 Å². The second kappa shape index (κ2) is 8.36. The molecule has 0 saturated heterocycles. The Kier molecular flexibility index (Phi) is 6.98. The number of carboxylic acids is 1. The zero-order valence-electron chi connectivity index (χ0n) is 12.6. The van der Waals surface area contributed by atoms with Crippen molar-refractivity contribution in [3.05, 3.63) is 46.5 Å². The summed E-state index contributed by atoms with van der Waals surface area (Å²) >= 11 is 5.75. The van der Waals surface area contributed by atoms with Crippen LogP contribution in [-0.2, 0) is 24.1 Å². The first kappa shape index (κ1) is 21.7. The van der Waals surface area contributed by atoms with Crippen molar-refractivity contribution in [2.24, 2.45) is 5.73 Å². The largest absolute Gasteiger partial charge is 0.490 e. The molecule has 0 atom stereocenters. The maximum atomic E-state index is 12.4. The number of aliphatic carboxylic acids is 1. The van der Waals surface area contributed by atoms with Gasteiger partial charge in [-0.05, 0) is 6.07 Å². The number of nitrogens with two attached hydrogens (primary N) is 1. The van der Waals surface area contributed by atoms with Gasteiger partial charge in [0, 0.05) is 23.9 Å². The Bertz CT molecular complexity index is 760. The third-order valence-electron chi connectivity index (χ3n) is 2.71. The molecule has 0 unspecified atom stereocenters.